The number of hydrogen-bond acceptors (Lipinski definition) is 4. The predicted molar refractivity (Wildman–Crippen MR) is 90.7 cm³/mol. The van der Waals surface area contributed by atoms with Crippen LogP contribution in [0.15, 0.2) is 0 Å². The number of likely N-dealkylation sites (tertiary alicyclic amines) is 1. The summed E-state index contributed by atoms with van der Waals surface area (Å²) in [6, 6.07) is 0.0556. The van der Waals surface area contributed by atoms with Crippen LogP contribution in [0.5, 0.6) is 0 Å². The number of rotatable bonds is 4. The number of hydrogen-bond donors (Lipinski definition) is 2. The Morgan fingerprint density at radius 1 is 1.29 bits per heavy atom. The SMILES string of the molecule is CC(C)c1nc2n(n1)CCCC2NC(=O)N1CCCCC1CCO. The van der Waals surface area contributed by atoms with Crippen molar-refractivity contribution in [3.05, 3.63) is 11.6 Å². The van der Waals surface area contributed by atoms with Gasteiger partial charge in [0.15, 0.2) is 5.82 Å². The second-order valence-electron chi connectivity index (χ2n) is 7.21. The zero-order valence-corrected chi connectivity index (χ0v) is 14.7. The van der Waals surface area contributed by atoms with Crippen LogP contribution < -0.4 is 5.32 Å². The molecule has 1 aromatic heterocycles. The van der Waals surface area contributed by atoms with Crippen molar-refractivity contribution in [3.8, 4) is 0 Å². The Balaban J connectivity index is 1.71. The van der Waals surface area contributed by atoms with Crippen molar-refractivity contribution in [2.24, 2.45) is 0 Å². The summed E-state index contributed by atoms with van der Waals surface area (Å²) in [6.45, 7) is 5.94. The van der Waals surface area contributed by atoms with E-state index >= 15 is 0 Å². The highest BCUT2D eigenvalue weighted by Crippen LogP contribution is 2.26. The fourth-order valence-corrected chi connectivity index (χ4v) is 3.70. The Morgan fingerprint density at radius 3 is 2.88 bits per heavy atom. The highest BCUT2D eigenvalue weighted by Gasteiger charge is 2.31. The van der Waals surface area contributed by atoms with Gasteiger partial charge in [-0.1, -0.05) is 13.8 Å². The van der Waals surface area contributed by atoms with Crippen LogP contribution in [0, 0.1) is 0 Å². The molecule has 1 aromatic rings. The smallest absolute Gasteiger partial charge is 0.318 e. The third kappa shape index (κ3) is 3.55. The molecule has 2 aliphatic rings. The van der Waals surface area contributed by atoms with E-state index < -0.39 is 0 Å². The number of carbonyl (C=O) groups is 1. The molecule has 0 spiro atoms. The molecule has 134 valence electrons. The van der Waals surface area contributed by atoms with E-state index in [1.165, 1.54) is 0 Å². The molecule has 2 N–H and O–H groups in total. The van der Waals surface area contributed by atoms with E-state index in [-0.39, 0.29) is 30.6 Å². The van der Waals surface area contributed by atoms with Crippen LogP contribution in [-0.2, 0) is 6.54 Å². The Hall–Kier alpha value is -1.63. The van der Waals surface area contributed by atoms with Crippen molar-refractivity contribution >= 4 is 6.03 Å². The molecule has 3 heterocycles. The van der Waals surface area contributed by atoms with E-state index in [4.69, 9.17) is 0 Å². The molecule has 2 amide bonds. The highest BCUT2D eigenvalue weighted by molar-refractivity contribution is 5.75. The van der Waals surface area contributed by atoms with Gasteiger partial charge < -0.3 is 15.3 Å². The molecule has 7 nitrogen and oxygen atoms in total. The number of amides is 2. The Bertz CT molecular complexity index is 569. The van der Waals surface area contributed by atoms with Crippen molar-refractivity contribution in [1.82, 2.24) is 25.0 Å². The van der Waals surface area contributed by atoms with E-state index in [0.717, 1.165) is 56.8 Å². The summed E-state index contributed by atoms with van der Waals surface area (Å²) >= 11 is 0. The fraction of sp³-hybridized carbons (Fsp3) is 0.824. The minimum absolute atomic E-state index is 0.0271. The number of aliphatic hydroxyl groups is 1. The van der Waals surface area contributed by atoms with Gasteiger partial charge in [0.1, 0.15) is 5.82 Å². The van der Waals surface area contributed by atoms with Crippen LogP contribution in [0.1, 0.15) is 76.0 Å². The van der Waals surface area contributed by atoms with Crippen LogP contribution in [0.25, 0.3) is 0 Å². The number of aliphatic hydroxyl groups excluding tert-OH is 1. The summed E-state index contributed by atoms with van der Waals surface area (Å²) in [5, 5.41) is 17.0. The Kier molecular flexibility index (Phi) is 5.38. The van der Waals surface area contributed by atoms with Crippen LogP contribution in [0.3, 0.4) is 0 Å². The molecule has 3 rings (SSSR count). The standard InChI is InChI=1S/C17H29N5O2/c1-12(2)15-19-16-14(7-5-10-22(16)20-15)18-17(24)21-9-4-3-6-13(21)8-11-23/h12-14,23H,3-11H2,1-2H3,(H,18,24). The molecule has 1 saturated heterocycles. The van der Waals surface area contributed by atoms with Gasteiger partial charge in [0.25, 0.3) is 0 Å². The Morgan fingerprint density at radius 2 is 2.12 bits per heavy atom. The lowest BCUT2D eigenvalue weighted by Crippen LogP contribution is -2.50. The Labute approximate surface area is 143 Å². The molecule has 24 heavy (non-hydrogen) atoms. The minimum Gasteiger partial charge on any atom is -0.396 e. The lowest BCUT2D eigenvalue weighted by atomic mass is 10.00. The maximum Gasteiger partial charge on any atom is 0.318 e. The van der Waals surface area contributed by atoms with E-state index in [2.05, 4.69) is 29.2 Å². The zero-order chi connectivity index (χ0) is 17.1. The lowest BCUT2D eigenvalue weighted by molar-refractivity contribution is 0.128. The van der Waals surface area contributed by atoms with Gasteiger partial charge in [-0.05, 0) is 38.5 Å². The van der Waals surface area contributed by atoms with E-state index in [1.807, 2.05) is 9.58 Å². The summed E-state index contributed by atoms with van der Waals surface area (Å²) in [7, 11) is 0. The zero-order valence-electron chi connectivity index (χ0n) is 14.7. The third-order valence-electron chi connectivity index (χ3n) is 5.06. The van der Waals surface area contributed by atoms with Crippen LogP contribution in [0.2, 0.25) is 0 Å². The quantitative estimate of drug-likeness (QED) is 0.883. The number of urea groups is 1. The molecule has 2 atom stereocenters. The third-order valence-corrected chi connectivity index (χ3v) is 5.06. The van der Waals surface area contributed by atoms with Gasteiger partial charge in [-0.2, -0.15) is 5.10 Å². The maximum atomic E-state index is 12.8. The molecule has 1 fully saturated rings. The lowest BCUT2D eigenvalue weighted by Gasteiger charge is -2.37. The maximum absolute atomic E-state index is 12.8. The first-order valence-electron chi connectivity index (χ1n) is 9.22. The van der Waals surface area contributed by atoms with Crippen molar-refractivity contribution in [3.63, 3.8) is 0 Å². The van der Waals surface area contributed by atoms with Gasteiger partial charge in [0.2, 0.25) is 0 Å². The van der Waals surface area contributed by atoms with Gasteiger partial charge >= 0.3 is 6.03 Å². The van der Waals surface area contributed by atoms with E-state index in [9.17, 15) is 9.90 Å². The molecule has 7 heteroatoms. The monoisotopic (exact) mass is 335 g/mol. The fourth-order valence-electron chi connectivity index (χ4n) is 3.70. The summed E-state index contributed by atoms with van der Waals surface area (Å²) in [5.41, 5.74) is 0. The second kappa shape index (κ2) is 7.51. The first-order valence-corrected chi connectivity index (χ1v) is 9.22. The van der Waals surface area contributed by atoms with Gasteiger partial charge in [-0.15, -0.1) is 0 Å². The van der Waals surface area contributed by atoms with Crippen LogP contribution in [-0.4, -0.2) is 50.0 Å². The van der Waals surface area contributed by atoms with Crippen LogP contribution >= 0.6 is 0 Å². The average Bonchev–Trinajstić information content (AvgIpc) is 3.01. The number of nitrogens with zero attached hydrogens (tertiary/aromatic N) is 4. The predicted octanol–water partition coefficient (Wildman–Crippen LogP) is 2.18. The van der Waals surface area contributed by atoms with Gasteiger partial charge in [-0.3, -0.25) is 0 Å². The number of aromatic nitrogens is 3. The van der Waals surface area contributed by atoms with Gasteiger partial charge in [-0.25, -0.2) is 14.5 Å². The molecule has 0 saturated carbocycles. The first kappa shape index (κ1) is 17.2. The summed E-state index contributed by atoms with van der Waals surface area (Å²) < 4.78 is 1.95. The van der Waals surface area contributed by atoms with Crippen LogP contribution in [0.4, 0.5) is 4.79 Å². The molecule has 2 unspecified atom stereocenters. The molecule has 0 bridgehead atoms. The highest BCUT2D eigenvalue weighted by atomic mass is 16.3. The van der Waals surface area contributed by atoms with Crippen molar-refractivity contribution < 1.29 is 9.90 Å². The second-order valence-corrected chi connectivity index (χ2v) is 7.21. The summed E-state index contributed by atoms with van der Waals surface area (Å²) in [5.74, 6) is 2.02. The summed E-state index contributed by atoms with van der Waals surface area (Å²) in [4.78, 5) is 19.3. The molecule has 2 aliphatic heterocycles. The first-order chi connectivity index (χ1) is 11.6. The number of nitrogens with one attached hydrogen (secondary N) is 1. The molecule has 0 radical (unpaired) electrons. The van der Waals surface area contributed by atoms with Crippen molar-refractivity contribution in [2.45, 2.75) is 76.9 Å². The largest absolute Gasteiger partial charge is 0.396 e. The van der Waals surface area contributed by atoms with Gasteiger partial charge in [0, 0.05) is 31.7 Å². The van der Waals surface area contributed by atoms with Crippen molar-refractivity contribution in [1.29, 1.82) is 0 Å². The molecular weight excluding hydrogens is 306 g/mol. The van der Waals surface area contributed by atoms with Gasteiger partial charge in [0.05, 0.1) is 6.04 Å². The number of carbonyl (C=O) groups excluding carboxylic acids is 1. The number of piperidine rings is 1. The molecule has 0 aliphatic carbocycles. The van der Waals surface area contributed by atoms with E-state index in [1.54, 1.807) is 0 Å². The van der Waals surface area contributed by atoms with E-state index in [0.29, 0.717) is 6.42 Å². The molecular formula is C17H29N5O2. The normalized spacial score (nSPS) is 24.1. The van der Waals surface area contributed by atoms with Crippen molar-refractivity contribution in [2.75, 3.05) is 13.2 Å². The topological polar surface area (TPSA) is 83.3 Å². The number of aryl methyl sites for hydroxylation is 1. The summed E-state index contributed by atoms with van der Waals surface area (Å²) in [6.07, 6.45) is 5.70. The average molecular weight is 335 g/mol. The molecule has 0 aromatic carbocycles. The minimum atomic E-state index is -0.0667. The number of fused-ring (bicyclic) bond motifs is 1.